The van der Waals surface area contributed by atoms with E-state index in [2.05, 4.69) is 0 Å². The molecule has 0 saturated heterocycles. The summed E-state index contributed by atoms with van der Waals surface area (Å²) in [7, 11) is -0.487. The van der Waals surface area contributed by atoms with Crippen LogP contribution in [0, 0.1) is 5.92 Å². The average molecular weight is 569 g/mol. The first kappa shape index (κ1) is 29.5. The zero-order valence-corrected chi connectivity index (χ0v) is 24.0. The second-order valence-corrected chi connectivity index (χ2v) is 12.1. The summed E-state index contributed by atoms with van der Waals surface area (Å²) in [5, 5.41) is 19.5. The number of rotatable bonds is 9. The van der Waals surface area contributed by atoms with Gasteiger partial charge in [0.25, 0.3) is 0 Å². The first-order valence-corrected chi connectivity index (χ1v) is 14.6. The summed E-state index contributed by atoms with van der Waals surface area (Å²) >= 11 is 0. The number of carboxylic acids is 1. The van der Waals surface area contributed by atoms with Gasteiger partial charge in [-0.15, -0.1) is 0 Å². The van der Waals surface area contributed by atoms with Crippen LogP contribution in [-0.4, -0.2) is 79.8 Å². The molecule has 0 fully saturated rings. The summed E-state index contributed by atoms with van der Waals surface area (Å²) in [4.78, 5) is 13.7. The Labute approximate surface area is 235 Å². The van der Waals surface area contributed by atoms with E-state index in [1.54, 1.807) is 56.5 Å². The summed E-state index contributed by atoms with van der Waals surface area (Å²) in [6.07, 6.45) is -0.421. The Bertz CT molecular complexity index is 1440. The molecular formula is C30H36N2O7S. The highest BCUT2D eigenvalue weighted by atomic mass is 32.2. The van der Waals surface area contributed by atoms with Crippen LogP contribution in [0.15, 0.2) is 71.6 Å². The van der Waals surface area contributed by atoms with Crippen molar-refractivity contribution in [2.75, 3.05) is 33.9 Å². The Balaban J connectivity index is 1.71. The third-order valence-corrected chi connectivity index (χ3v) is 9.29. The standard InChI is InChI=1S/C30H36N2O7S/c1-20-16-32(21(2)19-33)40(36,37)29-14-11-23(22-9-12-25(38-4)13-10-22)15-27(29)39-28(20)18-31(3)17-24-7-5-6-8-26(24)30(34)35/h5-15,20-21,28,33H,16-19H2,1-4H3,(H,34,35)/t20-,21-,28+/m0/s1. The Morgan fingerprint density at radius 1 is 1.12 bits per heavy atom. The smallest absolute Gasteiger partial charge is 0.336 e. The van der Waals surface area contributed by atoms with Gasteiger partial charge in [0.15, 0.2) is 0 Å². The second kappa shape index (κ2) is 12.4. The van der Waals surface area contributed by atoms with Crippen molar-refractivity contribution in [2.24, 2.45) is 5.92 Å². The Kier molecular flexibility index (Phi) is 9.15. The van der Waals surface area contributed by atoms with Crippen molar-refractivity contribution in [1.82, 2.24) is 9.21 Å². The van der Waals surface area contributed by atoms with E-state index in [0.29, 0.717) is 24.4 Å². The van der Waals surface area contributed by atoms with Crippen molar-refractivity contribution in [1.29, 1.82) is 0 Å². The number of aliphatic hydroxyl groups excluding tert-OH is 1. The molecule has 0 saturated carbocycles. The van der Waals surface area contributed by atoms with Gasteiger partial charge in [-0.05, 0) is 61.0 Å². The van der Waals surface area contributed by atoms with Crippen LogP contribution in [0.4, 0.5) is 0 Å². The maximum Gasteiger partial charge on any atom is 0.336 e. The lowest BCUT2D eigenvalue weighted by atomic mass is 10.0. The maximum absolute atomic E-state index is 13.8. The van der Waals surface area contributed by atoms with Crippen LogP contribution < -0.4 is 9.47 Å². The molecule has 0 amide bonds. The molecule has 1 heterocycles. The number of sulfonamides is 1. The minimum atomic E-state index is -3.96. The normalized spacial score (nSPS) is 19.6. The van der Waals surface area contributed by atoms with Crippen LogP contribution in [0.5, 0.6) is 11.5 Å². The zero-order valence-electron chi connectivity index (χ0n) is 23.1. The van der Waals surface area contributed by atoms with Gasteiger partial charge in [0.1, 0.15) is 22.5 Å². The number of nitrogens with zero attached hydrogens (tertiary/aromatic N) is 2. The second-order valence-electron chi connectivity index (χ2n) is 10.3. The van der Waals surface area contributed by atoms with Gasteiger partial charge in [-0.2, -0.15) is 4.31 Å². The lowest BCUT2D eigenvalue weighted by molar-refractivity contribution is 0.0686. The van der Waals surface area contributed by atoms with E-state index >= 15 is 0 Å². The molecule has 0 unspecified atom stereocenters. The van der Waals surface area contributed by atoms with Crippen molar-refractivity contribution in [2.45, 2.75) is 37.4 Å². The molecule has 0 spiro atoms. The minimum Gasteiger partial charge on any atom is -0.497 e. The van der Waals surface area contributed by atoms with Gasteiger partial charge in [0.05, 0.1) is 19.3 Å². The molecule has 9 nitrogen and oxygen atoms in total. The number of hydrogen-bond donors (Lipinski definition) is 2. The summed E-state index contributed by atoms with van der Waals surface area (Å²) in [5.74, 6) is -0.277. The third kappa shape index (κ3) is 6.31. The number of methoxy groups -OCH3 is 1. The molecule has 3 aromatic rings. The molecule has 2 N–H and O–H groups in total. The summed E-state index contributed by atoms with van der Waals surface area (Å²) in [6.45, 7) is 4.25. The van der Waals surface area contributed by atoms with E-state index in [-0.39, 0.29) is 35.3 Å². The van der Waals surface area contributed by atoms with Crippen molar-refractivity contribution in [3.05, 3.63) is 77.9 Å². The van der Waals surface area contributed by atoms with Crippen LogP contribution in [0.25, 0.3) is 11.1 Å². The molecular weight excluding hydrogens is 532 g/mol. The number of fused-ring (bicyclic) bond motifs is 1. The number of carbonyl (C=O) groups is 1. The third-order valence-electron chi connectivity index (χ3n) is 7.27. The highest BCUT2D eigenvalue weighted by Crippen LogP contribution is 2.37. The van der Waals surface area contributed by atoms with Gasteiger partial charge in [0.2, 0.25) is 10.0 Å². The predicted octanol–water partition coefficient (Wildman–Crippen LogP) is 3.96. The SMILES string of the molecule is COc1ccc(-c2ccc3c(c2)O[C@H](CN(C)Cc2ccccc2C(=O)O)[C@@H](C)CN([C@@H](C)CO)S3(=O)=O)cc1. The monoisotopic (exact) mass is 568 g/mol. The molecule has 4 rings (SSSR count). The first-order valence-electron chi connectivity index (χ1n) is 13.1. The van der Waals surface area contributed by atoms with Gasteiger partial charge in [0, 0.05) is 31.6 Å². The van der Waals surface area contributed by atoms with E-state index in [1.807, 2.05) is 43.1 Å². The van der Waals surface area contributed by atoms with Gasteiger partial charge >= 0.3 is 5.97 Å². The minimum absolute atomic E-state index is 0.0424. The zero-order chi connectivity index (χ0) is 29.0. The predicted molar refractivity (Wildman–Crippen MR) is 152 cm³/mol. The summed E-state index contributed by atoms with van der Waals surface area (Å²) in [6, 6.07) is 18.7. The molecule has 0 aromatic heterocycles. The topological polar surface area (TPSA) is 117 Å². The molecule has 40 heavy (non-hydrogen) atoms. The highest BCUT2D eigenvalue weighted by molar-refractivity contribution is 7.89. The van der Waals surface area contributed by atoms with E-state index in [9.17, 15) is 23.4 Å². The molecule has 0 radical (unpaired) electrons. The van der Waals surface area contributed by atoms with E-state index in [1.165, 1.54) is 4.31 Å². The quantitative estimate of drug-likeness (QED) is 0.399. The lowest BCUT2D eigenvalue weighted by Crippen LogP contribution is -2.49. The fraction of sp³-hybridized carbons (Fsp3) is 0.367. The Hall–Kier alpha value is -3.44. The molecule has 3 aromatic carbocycles. The van der Waals surface area contributed by atoms with Crippen LogP contribution in [0.3, 0.4) is 0 Å². The number of likely N-dealkylation sites (N-methyl/N-ethyl adjacent to an activating group) is 1. The van der Waals surface area contributed by atoms with E-state index < -0.39 is 28.1 Å². The van der Waals surface area contributed by atoms with Gasteiger partial charge in [-0.3, -0.25) is 4.90 Å². The molecule has 1 aliphatic rings. The largest absolute Gasteiger partial charge is 0.497 e. The molecule has 214 valence electrons. The van der Waals surface area contributed by atoms with Crippen molar-refractivity contribution >= 4 is 16.0 Å². The number of aliphatic hydroxyl groups is 1. The van der Waals surface area contributed by atoms with E-state index in [4.69, 9.17) is 9.47 Å². The van der Waals surface area contributed by atoms with Crippen molar-refractivity contribution in [3.8, 4) is 22.6 Å². The molecule has 1 aliphatic heterocycles. The number of hydrogen-bond acceptors (Lipinski definition) is 7. The van der Waals surface area contributed by atoms with E-state index in [0.717, 1.165) is 11.1 Å². The Morgan fingerprint density at radius 2 is 1.80 bits per heavy atom. The number of carboxylic acid groups (broad SMARTS) is 1. The molecule has 10 heteroatoms. The van der Waals surface area contributed by atoms with Crippen molar-refractivity contribution in [3.63, 3.8) is 0 Å². The first-order chi connectivity index (χ1) is 19.0. The maximum atomic E-state index is 13.8. The summed E-state index contributed by atoms with van der Waals surface area (Å²) < 4.78 is 40.6. The fourth-order valence-electron chi connectivity index (χ4n) is 4.94. The van der Waals surface area contributed by atoms with Crippen LogP contribution in [0.2, 0.25) is 0 Å². The number of ether oxygens (including phenoxy) is 2. The van der Waals surface area contributed by atoms with Crippen LogP contribution in [-0.2, 0) is 16.6 Å². The Morgan fingerprint density at radius 3 is 2.45 bits per heavy atom. The van der Waals surface area contributed by atoms with Crippen LogP contribution >= 0.6 is 0 Å². The lowest BCUT2D eigenvalue weighted by Gasteiger charge is -2.37. The number of aromatic carboxylic acids is 1. The fourth-order valence-corrected chi connectivity index (χ4v) is 6.76. The average Bonchev–Trinajstić information content (AvgIpc) is 2.94. The van der Waals surface area contributed by atoms with Gasteiger partial charge in [-0.25, -0.2) is 13.2 Å². The summed E-state index contributed by atoms with van der Waals surface area (Å²) in [5.41, 5.74) is 2.58. The molecule has 3 atom stereocenters. The highest BCUT2D eigenvalue weighted by Gasteiger charge is 2.38. The van der Waals surface area contributed by atoms with Gasteiger partial charge in [-0.1, -0.05) is 43.3 Å². The molecule has 0 bridgehead atoms. The van der Waals surface area contributed by atoms with Crippen LogP contribution in [0.1, 0.15) is 29.8 Å². The molecule has 0 aliphatic carbocycles. The van der Waals surface area contributed by atoms with Gasteiger partial charge < -0.3 is 19.7 Å². The van der Waals surface area contributed by atoms with Crippen molar-refractivity contribution < 1.29 is 32.9 Å². The number of benzene rings is 3.